The van der Waals surface area contributed by atoms with Gasteiger partial charge in [0.15, 0.2) is 0 Å². The molecule has 8 heteroatoms. The minimum Gasteiger partial charge on any atom is -0.381 e. The van der Waals surface area contributed by atoms with Gasteiger partial charge in [0, 0.05) is 58.2 Å². The molecule has 1 aromatic heterocycles. The summed E-state index contributed by atoms with van der Waals surface area (Å²) in [4.78, 5) is 32.5. The lowest BCUT2D eigenvalue weighted by atomic mass is 9.86. The van der Waals surface area contributed by atoms with Gasteiger partial charge in [0.2, 0.25) is 0 Å². The van der Waals surface area contributed by atoms with Crippen LogP contribution in [0.3, 0.4) is 0 Å². The van der Waals surface area contributed by atoms with Crippen molar-refractivity contribution < 1.29 is 14.3 Å². The minimum atomic E-state index is -0.0824. The number of likely N-dealkylation sites (tertiary alicyclic amines) is 1. The van der Waals surface area contributed by atoms with E-state index in [2.05, 4.69) is 14.9 Å². The van der Waals surface area contributed by atoms with Gasteiger partial charge >= 0.3 is 6.03 Å². The Labute approximate surface area is 178 Å². The van der Waals surface area contributed by atoms with Gasteiger partial charge in [-0.1, -0.05) is 0 Å². The first-order valence-corrected chi connectivity index (χ1v) is 11.6. The van der Waals surface area contributed by atoms with E-state index in [-0.39, 0.29) is 23.5 Å². The molecule has 4 aliphatic rings. The molecule has 4 heterocycles. The van der Waals surface area contributed by atoms with Crippen molar-refractivity contribution in [3.63, 3.8) is 0 Å². The van der Waals surface area contributed by atoms with Crippen molar-refractivity contribution in [1.29, 1.82) is 0 Å². The molecule has 0 unspecified atom stereocenters. The maximum Gasteiger partial charge on any atom is 0.320 e. The molecule has 1 spiro atoms. The molecular formula is C22H33N5O3. The van der Waals surface area contributed by atoms with Crippen LogP contribution in [0.5, 0.6) is 0 Å². The summed E-state index contributed by atoms with van der Waals surface area (Å²) in [5.41, 5.74) is 0.435. The number of aromatic nitrogens is 2. The van der Waals surface area contributed by atoms with Crippen LogP contribution in [0.15, 0.2) is 12.3 Å². The predicted octanol–water partition coefficient (Wildman–Crippen LogP) is 2.20. The van der Waals surface area contributed by atoms with Gasteiger partial charge in [-0.3, -0.25) is 9.48 Å². The van der Waals surface area contributed by atoms with E-state index in [1.54, 1.807) is 10.7 Å². The van der Waals surface area contributed by atoms with Gasteiger partial charge < -0.3 is 19.4 Å². The van der Waals surface area contributed by atoms with Gasteiger partial charge in [0.1, 0.15) is 5.69 Å². The largest absolute Gasteiger partial charge is 0.381 e. The third-order valence-electron chi connectivity index (χ3n) is 7.37. The summed E-state index contributed by atoms with van der Waals surface area (Å²) in [6, 6.07) is 2.22. The molecule has 0 bridgehead atoms. The molecule has 5 rings (SSSR count). The number of hydrogen-bond donors (Lipinski definition) is 0. The molecular weight excluding hydrogens is 382 g/mol. The zero-order chi connectivity index (χ0) is 20.7. The van der Waals surface area contributed by atoms with Crippen molar-refractivity contribution in [2.75, 3.05) is 39.4 Å². The Hall–Kier alpha value is -2.09. The fourth-order valence-electron chi connectivity index (χ4n) is 5.44. The van der Waals surface area contributed by atoms with E-state index in [4.69, 9.17) is 4.74 Å². The van der Waals surface area contributed by atoms with E-state index in [0.29, 0.717) is 24.7 Å². The van der Waals surface area contributed by atoms with Gasteiger partial charge in [-0.15, -0.1) is 0 Å². The molecule has 3 saturated heterocycles. The van der Waals surface area contributed by atoms with Crippen molar-refractivity contribution in [3.05, 3.63) is 18.0 Å². The quantitative estimate of drug-likeness (QED) is 0.739. The second kappa shape index (κ2) is 7.87. The fraction of sp³-hybridized carbons (Fsp3) is 0.773. The first-order valence-electron chi connectivity index (χ1n) is 11.6. The molecule has 3 amide bonds. The molecule has 0 atom stereocenters. The van der Waals surface area contributed by atoms with Crippen LogP contribution in [0.4, 0.5) is 4.79 Å². The van der Waals surface area contributed by atoms with Crippen LogP contribution < -0.4 is 0 Å². The number of amides is 3. The monoisotopic (exact) mass is 415 g/mol. The van der Waals surface area contributed by atoms with E-state index in [9.17, 15) is 9.59 Å². The Bertz CT molecular complexity index is 790. The molecule has 1 aromatic rings. The Morgan fingerprint density at radius 2 is 1.93 bits per heavy atom. The van der Waals surface area contributed by atoms with Crippen LogP contribution in [-0.4, -0.2) is 87.4 Å². The van der Waals surface area contributed by atoms with Gasteiger partial charge in [-0.05, 0) is 57.4 Å². The third-order valence-corrected chi connectivity index (χ3v) is 7.37. The molecule has 30 heavy (non-hydrogen) atoms. The topological polar surface area (TPSA) is 70.9 Å². The van der Waals surface area contributed by atoms with Crippen LogP contribution >= 0.6 is 0 Å². The summed E-state index contributed by atoms with van der Waals surface area (Å²) in [6.45, 7) is 7.36. The first-order chi connectivity index (χ1) is 14.6. The van der Waals surface area contributed by atoms with Crippen LogP contribution in [0.1, 0.15) is 55.9 Å². The van der Waals surface area contributed by atoms with Crippen LogP contribution in [0.2, 0.25) is 0 Å². The lowest BCUT2D eigenvalue weighted by Gasteiger charge is -2.46. The van der Waals surface area contributed by atoms with E-state index in [0.717, 1.165) is 58.5 Å². The van der Waals surface area contributed by atoms with E-state index in [1.807, 2.05) is 18.0 Å². The number of rotatable bonds is 5. The van der Waals surface area contributed by atoms with Crippen molar-refractivity contribution in [2.24, 2.45) is 5.92 Å². The predicted molar refractivity (Wildman–Crippen MR) is 111 cm³/mol. The molecule has 8 nitrogen and oxygen atoms in total. The van der Waals surface area contributed by atoms with Gasteiger partial charge in [0.25, 0.3) is 5.91 Å². The standard InChI is InChI=1S/C22H33N5O3/c1-2-26-12-7-19(23-26)20(28)24-10-5-18(6-11-24)27-21(29)25(15-17-3-4-17)16-22(27)8-13-30-14-9-22/h7,12,17-18H,2-6,8-11,13-16H2,1H3. The maximum atomic E-state index is 13.4. The summed E-state index contributed by atoms with van der Waals surface area (Å²) in [5, 5.41) is 4.36. The van der Waals surface area contributed by atoms with Crippen molar-refractivity contribution in [2.45, 2.75) is 63.6 Å². The molecule has 164 valence electrons. The maximum absolute atomic E-state index is 13.4. The number of hydrogen-bond acceptors (Lipinski definition) is 4. The van der Waals surface area contributed by atoms with E-state index >= 15 is 0 Å². The lowest BCUT2D eigenvalue weighted by Crippen LogP contribution is -2.57. The normalized spacial score (nSPS) is 24.8. The first kappa shape index (κ1) is 19.8. The zero-order valence-corrected chi connectivity index (χ0v) is 18.0. The Morgan fingerprint density at radius 1 is 1.20 bits per heavy atom. The number of nitrogens with zero attached hydrogens (tertiary/aromatic N) is 5. The van der Waals surface area contributed by atoms with Crippen LogP contribution in [-0.2, 0) is 11.3 Å². The summed E-state index contributed by atoms with van der Waals surface area (Å²) in [7, 11) is 0. The number of piperidine rings is 1. The molecule has 3 aliphatic heterocycles. The molecule has 1 saturated carbocycles. The summed E-state index contributed by atoms with van der Waals surface area (Å²) < 4.78 is 7.43. The number of aryl methyl sites for hydroxylation is 1. The van der Waals surface area contributed by atoms with Crippen molar-refractivity contribution >= 4 is 11.9 Å². The Kier molecular flexibility index (Phi) is 5.21. The third kappa shape index (κ3) is 3.59. The second-order valence-corrected chi connectivity index (χ2v) is 9.39. The highest BCUT2D eigenvalue weighted by Gasteiger charge is 2.53. The van der Waals surface area contributed by atoms with Crippen LogP contribution in [0.25, 0.3) is 0 Å². The molecule has 0 aromatic carbocycles. The highest BCUT2D eigenvalue weighted by molar-refractivity contribution is 5.92. The zero-order valence-electron chi connectivity index (χ0n) is 18.0. The lowest BCUT2D eigenvalue weighted by molar-refractivity contribution is -0.0153. The number of carbonyl (C=O) groups is 2. The number of urea groups is 1. The summed E-state index contributed by atoms with van der Waals surface area (Å²) >= 11 is 0. The van der Waals surface area contributed by atoms with Crippen molar-refractivity contribution in [3.8, 4) is 0 Å². The second-order valence-electron chi connectivity index (χ2n) is 9.39. The van der Waals surface area contributed by atoms with E-state index in [1.165, 1.54) is 12.8 Å². The van der Waals surface area contributed by atoms with Crippen molar-refractivity contribution in [1.82, 2.24) is 24.5 Å². The van der Waals surface area contributed by atoms with Gasteiger partial charge in [-0.25, -0.2) is 4.79 Å². The number of ether oxygens (including phenoxy) is 1. The summed E-state index contributed by atoms with van der Waals surface area (Å²) in [5.74, 6) is 0.706. The molecule has 1 aliphatic carbocycles. The minimum absolute atomic E-state index is 0.00420. The highest BCUT2D eigenvalue weighted by Crippen LogP contribution is 2.41. The average molecular weight is 416 g/mol. The SMILES string of the molecule is CCn1ccc(C(=O)N2CCC(N3C(=O)N(CC4CC4)CC34CCOCC4)CC2)n1. The summed E-state index contributed by atoms with van der Waals surface area (Å²) in [6.07, 6.45) is 7.90. The van der Waals surface area contributed by atoms with Gasteiger partial charge in [0.05, 0.1) is 5.54 Å². The van der Waals surface area contributed by atoms with E-state index < -0.39 is 0 Å². The smallest absolute Gasteiger partial charge is 0.320 e. The highest BCUT2D eigenvalue weighted by atomic mass is 16.5. The molecule has 0 radical (unpaired) electrons. The molecule has 4 fully saturated rings. The van der Waals surface area contributed by atoms with Gasteiger partial charge in [-0.2, -0.15) is 5.10 Å². The molecule has 0 N–H and O–H groups in total. The Balaban J connectivity index is 1.27. The number of carbonyl (C=O) groups excluding carboxylic acids is 2. The average Bonchev–Trinajstić information content (AvgIpc) is 3.39. The Morgan fingerprint density at radius 3 is 2.57 bits per heavy atom. The fourth-order valence-corrected chi connectivity index (χ4v) is 5.44. The van der Waals surface area contributed by atoms with Crippen LogP contribution in [0, 0.1) is 5.92 Å².